The Morgan fingerprint density at radius 2 is 1.79 bits per heavy atom. The van der Waals surface area contributed by atoms with Crippen molar-refractivity contribution >= 4 is 11.9 Å². The molecule has 0 radical (unpaired) electrons. The Kier molecular flexibility index (Phi) is 5.80. The lowest BCUT2D eigenvalue weighted by atomic mass is 9.54. The lowest BCUT2D eigenvalue weighted by Crippen LogP contribution is -2.44. The van der Waals surface area contributed by atoms with E-state index in [0.29, 0.717) is 29.1 Å². The molecule has 0 aromatic heterocycles. The maximum absolute atomic E-state index is 12.8. The van der Waals surface area contributed by atoms with E-state index < -0.39 is 0 Å². The molecule has 0 amide bonds. The Balaban J connectivity index is 1.33. The molecule has 33 heavy (non-hydrogen) atoms. The second kappa shape index (κ2) is 8.62. The summed E-state index contributed by atoms with van der Waals surface area (Å²) < 4.78 is 11.3. The Morgan fingerprint density at radius 1 is 1.00 bits per heavy atom. The van der Waals surface area contributed by atoms with E-state index in [-0.39, 0.29) is 29.4 Å². The number of esters is 2. The molecule has 0 N–H and O–H groups in total. The number of benzene rings is 2. The molecule has 3 aliphatic carbocycles. The molecule has 4 nitrogen and oxygen atoms in total. The lowest BCUT2D eigenvalue weighted by Gasteiger charge is -2.50. The van der Waals surface area contributed by atoms with Crippen LogP contribution in [0.15, 0.2) is 48.5 Å². The van der Waals surface area contributed by atoms with E-state index >= 15 is 0 Å². The summed E-state index contributed by atoms with van der Waals surface area (Å²) in [6.07, 6.45) is 6.35. The van der Waals surface area contributed by atoms with Gasteiger partial charge in [0.2, 0.25) is 0 Å². The summed E-state index contributed by atoms with van der Waals surface area (Å²) in [6, 6.07) is 15.3. The van der Waals surface area contributed by atoms with Crippen molar-refractivity contribution in [3.05, 3.63) is 65.2 Å². The van der Waals surface area contributed by atoms with E-state index in [1.807, 2.05) is 38.1 Å². The largest absolute Gasteiger partial charge is 0.463 e. The average molecular weight is 447 g/mol. The molecule has 2 aromatic rings. The quantitative estimate of drug-likeness (QED) is 0.407. The van der Waals surface area contributed by atoms with Crippen molar-refractivity contribution in [3.8, 4) is 5.75 Å². The van der Waals surface area contributed by atoms with Gasteiger partial charge in [-0.05, 0) is 111 Å². The van der Waals surface area contributed by atoms with E-state index in [0.717, 1.165) is 38.5 Å². The molecular formula is C29H34O4. The zero-order valence-electron chi connectivity index (χ0n) is 19.9. The number of carbonyl (C=O) groups excluding carboxylic acids is 2. The van der Waals surface area contributed by atoms with Crippen LogP contribution in [0, 0.1) is 23.2 Å². The lowest BCUT2D eigenvalue weighted by molar-refractivity contribution is -0.158. The molecule has 0 bridgehead atoms. The van der Waals surface area contributed by atoms with Crippen LogP contribution in [0.3, 0.4) is 0 Å². The number of aryl methyl sites for hydroxylation is 1. The molecule has 0 aliphatic heterocycles. The number of ether oxygens (including phenoxy) is 2. The zero-order valence-corrected chi connectivity index (χ0v) is 19.9. The fourth-order valence-corrected chi connectivity index (χ4v) is 7.06. The van der Waals surface area contributed by atoms with Crippen LogP contribution in [0.25, 0.3) is 0 Å². The summed E-state index contributed by atoms with van der Waals surface area (Å²) in [4.78, 5) is 25.3. The molecule has 2 saturated carbocycles. The Labute approximate surface area is 196 Å². The van der Waals surface area contributed by atoms with Crippen LogP contribution in [0.1, 0.15) is 80.3 Å². The van der Waals surface area contributed by atoms with Gasteiger partial charge in [-0.3, -0.25) is 4.79 Å². The van der Waals surface area contributed by atoms with Crippen LogP contribution < -0.4 is 4.74 Å². The number of hydrogen-bond acceptors (Lipinski definition) is 4. The third kappa shape index (κ3) is 3.98. The molecule has 2 fully saturated rings. The molecular weight excluding hydrogens is 412 g/mol. The van der Waals surface area contributed by atoms with Crippen molar-refractivity contribution in [2.24, 2.45) is 23.2 Å². The topological polar surface area (TPSA) is 52.6 Å². The molecule has 0 heterocycles. The standard InChI is InChI=1S/C29H34O4/c1-18(2)32-28(31)26-14-13-25-24-11-9-20-17-21(33-27(30)19-7-5-4-6-8-19)10-12-22(20)23(24)15-16-29(25,26)3/h4-8,10,12,17-18,23-26H,9,11,13-16H2,1-3H3/t23-,24-,25+,26-,29+/m1/s1. The minimum absolute atomic E-state index is 0.00883. The highest BCUT2D eigenvalue weighted by atomic mass is 16.5. The van der Waals surface area contributed by atoms with Crippen molar-refractivity contribution < 1.29 is 19.1 Å². The molecule has 2 aromatic carbocycles. The van der Waals surface area contributed by atoms with Gasteiger partial charge in [0.05, 0.1) is 17.6 Å². The highest BCUT2D eigenvalue weighted by Crippen LogP contribution is 2.63. The summed E-state index contributed by atoms with van der Waals surface area (Å²) in [5, 5.41) is 0. The molecule has 3 aliphatic rings. The van der Waals surface area contributed by atoms with Crippen LogP contribution in [0.4, 0.5) is 0 Å². The van der Waals surface area contributed by atoms with Gasteiger partial charge in [0.25, 0.3) is 0 Å². The van der Waals surface area contributed by atoms with Gasteiger partial charge in [-0.15, -0.1) is 0 Å². The first-order valence-electron chi connectivity index (χ1n) is 12.5. The zero-order chi connectivity index (χ0) is 23.2. The predicted molar refractivity (Wildman–Crippen MR) is 127 cm³/mol. The number of carbonyl (C=O) groups is 2. The maximum Gasteiger partial charge on any atom is 0.343 e. The fraction of sp³-hybridized carbons (Fsp3) is 0.517. The normalized spacial score (nSPS) is 30.2. The van der Waals surface area contributed by atoms with E-state index in [1.54, 1.807) is 12.1 Å². The molecule has 0 spiro atoms. The first-order chi connectivity index (χ1) is 15.9. The minimum Gasteiger partial charge on any atom is -0.463 e. The maximum atomic E-state index is 12.8. The predicted octanol–water partition coefficient (Wildman–Crippen LogP) is 6.33. The molecule has 5 rings (SSSR count). The monoisotopic (exact) mass is 446 g/mol. The summed E-state index contributed by atoms with van der Waals surface area (Å²) in [6.45, 7) is 6.22. The van der Waals surface area contributed by atoms with Crippen molar-refractivity contribution in [2.75, 3.05) is 0 Å². The summed E-state index contributed by atoms with van der Waals surface area (Å²) in [5.41, 5.74) is 3.34. The van der Waals surface area contributed by atoms with Crippen LogP contribution in [0.2, 0.25) is 0 Å². The Morgan fingerprint density at radius 3 is 2.55 bits per heavy atom. The second-order valence-corrected chi connectivity index (χ2v) is 10.7. The van der Waals surface area contributed by atoms with Crippen LogP contribution in [-0.4, -0.2) is 18.0 Å². The molecule has 0 saturated heterocycles. The van der Waals surface area contributed by atoms with Crippen molar-refractivity contribution in [1.82, 2.24) is 0 Å². The molecule has 5 atom stereocenters. The van der Waals surface area contributed by atoms with Gasteiger partial charge in [0.15, 0.2) is 0 Å². The smallest absolute Gasteiger partial charge is 0.343 e. The first kappa shape index (κ1) is 22.2. The third-order valence-electron chi connectivity index (χ3n) is 8.55. The van der Waals surface area contributed by atoms with E-state index in [9.17, 15) is 9.59 Å². The van der Waals surface area contributed by atoms with Crippen molar-refractivity contribution in [3.63, 3.8) is 0 Å². The third-order valence-corrected chi connectivity index (χ3v) is 8.55. The van der Waals surface area contributed by atoms with E-state index in [2.05, 4.69) is 19.1 Å². The van der Waals surface area contributed by atoms with E-state index in [4.69, 9.17) is 9.47 Å². The van der Waals surface area contributed by atoms with Gasteiger partial charge < -0.3 is 9.47 Å². The number of fused-ring (bicyclic) bond motifs is 5. The van der Waals surface area contributed by atoms with Gasteiger partial charge in [-0.1, -0.05) is 31.2 Å². The Bertz CT molecular complexity index is 1040. The van der Waals surface area contributed by atoms with E-state index in [1.165, 1.54) is 11.1 Å². The van der Waals surface area contributed by atoms with Gasteiger partial charge in [-0.2, -0.15) is 0 Å². The summed E-state index contributed by atoms with van der Waals surface area (Å²) in [7, 11) is 0. The second-order valence-electron chi connectivity index (χ2n) is 10.7. The molecule has 4 heteroatoms. The van der Waals surface area contributed by atoms with Gasteiger partial charge in [-0.25, -0.2) is 4.79 Å². The van der Waals surface area contributed by atoms with Gasteiger partial charge in [0.1, 0.15) is 5.75 Å². The van der Waals surface area contributed by atoms with Crippen LogP contribution in [0.5, 0.6) is 5.75 Å². The van der Waals surface area contributed by atoms with Gasteiger partial charge >= 0.3 is 11.9 Å². The average Bonchev–Trinajstić information content (AvgIpc) is 3.16. The SMILES string of the molecule is CC(C)OC(=O)[C@H]1CC[C@H]2[C@@H]3CCc4cc(OC(=O)c5ccccc5)ccc4[C@H]3CC[C@]12C. The highest BCUT2D eigenvalue weighted by molar-refractivity contribution is 5.91. The number of hydrogen-bond donors (Lipinski definition) is 0. The van der Waals surface area contributed by atoms with Crippen molar-refractivity contribution in [2.45, 2.75) is 71.3 Å². The van der Waals surface area contributed by atoms with Crippen LogP contribution in [-0.2, 0) is 16.0 Å². The van der Waals surface area contributed by atoms with Crippen molar-refractivity contribution in [1.29, 1.82) is 0 Å². The molecule has 0 unspecified atom stereocenters. The van der Waals surface area contributed by atoms with Crippen LogP contribution >= 0.6 is 0 Å². The summed E-state index contributed by atoms with van der Waals surface area (Å²) in [5.74, 6) is 2.07. The van der Waals surface area contributed by atoms with Gasteiger partial charge in [0, 0.05) is 0 Å². The fourth-order valence-electron chi connectivity index (χ4n) is 7.06. The summed E-state index contributed by atoms with van der Waals surface area (Å²) >= 11 is 0. The minimum atomic E-state index is -0.317. The number of rotatable bonds is 4. The first-order valence-corrected chi connectivity index (χ1v) is 12.5. The Hall–Kier alpha value is -2.62. The molecule has 174 valence electrons. The highest BCUT2D eigenvalue weighted by Gasteiger charge is 2.57.